The average Bonchev–Trinajstić information content (AvgIpc) is 3.54. The van der Waals surface area contributed by atoms with E-state index in [2.05, 4.69) is 10.6 Å². The molecule has 7 nitrogen and oxygen atoms in total. The number of aryl methyl sites for hydroxylation is 1. The Balaban J connectivity index is 1.47. The summed E-state index contributed by atoms with van der Waals surface area (Å²) in [6, 6.07) is 13.8. The highest BCUT2D eigenvalue weighted by atomic mass is 35.5. The summed E-state index contributed by atoms with van der Waals surface area (Å²) >= 11 is 8.02. The Morgan fingerprint density at radius 1 is 1.19 bits per heavy atom. The molecular formula is C28H32ClN3O4S. The molecule has 9 heteroatoms. The van der Waals surface area contributed by atoms with Gasteiger partial charge in [-0.15, -0.1) is 11.8 Å². The fraction of sp³-hybridized carbons (Fsp3) is 0.464. The zero-order valence-corrected chi connectivity index (χ0v) is 22.5. The third-order valence-corrected chi connectivity index (χ3v) is 10.4. The third kappa shape index (κ3) is 4.33. The molecule has 0 aliphatic carbocycles. The molecule has 3 heterocycles. The van der Waals surface area contributed by atoms with E-state index in [1.807, 2.05) is 56.3 Å². The van der Waals surface area contributed by atoms with Gasteiger partial charge < -0.3 is 20.6 Å². The maximum absolute atomic E-state index is 14.0. The lowest BCUT2D eigenvalue weighted by Gasteiger charge is -2.36. The number of carbonyl (C=O) groups is 3. The number of aliphatic hydroxyl groups excluding tert-OH is 1. The molecule has 3 N–H and O–H groups in total. The van der Waals surface area contributed by atoms with Crippen LogP contribution in [-0.2, 0) is 20.9 Å². The minimum atomic E-state index is -0.806. The van der Waals surface area contributed by atoms with Gasteiger partial charge in [0, 0.05) is 11.8 Å². The minimum Gasteiger partial charge on any atom is -0.394 e. The number of thioether (sulfide) groups is 1. The molecule has 2 unspecified atom stereocenters. The number of hydrogen-bond donors (Lipinski definition) is 3. The molecule has 0 saturated carbocycles. The van der Waals surface area contributed by atoms with Crippen LogP contribution in [-0.4, -0.2) is 56.4 Å². The molecule has 3 saturated heterocycles. The van der Waals surface area contributed by atoms with Crippen LogP contribution in [0.3, 0.4) is 0 Å². The van der Waals surface area contributed by atoms with E-state index in [1.165, 1.54) is 0 Å². The quantitative estimate of drug-likeness (QED) is 0.472. The predicted molar refractivity (Wildman–Crippen MR) is 145 cm³/mol. The Morgan fingerprint density at radius 2 is 1.95 bits per heavy atom. The van der Waals surface area contributed by atoms with Crippen molar-refractivity contribution >= 4 is 46.8 Å². The predicted octanol–water partition coefficient (Wildman–Crippen LogP) is 3.77. The molecule has 1 spiro atoms. The second-order valence-corrected chi connectivity index (χ2v) is 12.2. The van der Waals surface area contributed by atoms with Gasteiger partial charge in [-0.2, -0.15) is 0 Å². The first-order valence-electron chi connectivity index (χ1n) is 12.8. The van der Waals surface area contributed by atoms with Gasteiger partial charge in [-0.25, -0.2) is 0 Å². The van der Waals surface area contributed by atoms with Crippen LogP contribution in [0.25, 0.3) is 0 Å². The summed E-state index contributed by atoms with van der Waals surface area (Å²) in [5.74, 6) is -1.82. The van der Waals surface area contributed by atoms with Gasteiger partial charge in [-0.3, -0.25) is 14.4 Å². The fourth-order valence-corrected chi connectivity index (χ4v) is 8.86. The molecule has 2 bridgehead atoms. The number of para-hydroxylation sites is 1. The van der Waals surface area contributed by atoms with E-state index < -0.39 is 28.7 Å². The van der Waals surface area contributed by atoms with Gasteiger partial charge in [-0.05, 0) is 43.4 Å². The summed E-state index contributed by atoms with van der Waals surface area (Å²) in [6.45, 7) is 3.89. The summed E-state index contributed by atoms with van der Waals surface area (Å²) in [5.41, 5.74) is 2.33. The molecular weight excluding hydrogens is 510 g/mol. The Morgan fingerprint density at radius 3 is 2.62 bits per heavy atom. The van der Waals surface area contributed by atoms with Gasteiger partial charge in [0.1, 0.15) is 6.04 Å². The number of benzene rings is 2. The number of fused-ring (bicyclic) bond motifs is 1. The van der Waals surface area contributed by atoms with E-state index in [-0.39, 0.29) is 29.6 Å². The molecule has 37 heavy (non-hydrogen) atoms. The number of halogens is 1. The van der Waals surface area contributed by atoms with E-state index in [1.54, 1.807) is 22.7 Å². The summed E-state index contributed by atoms with van der Waals surface area (Å²) in [4.78, 5) is 43.1. The van der Waals surface area contributed by atoms with Crippen molar-refractivity contribution in [1.29, 1.82) is 0 Å². The van der Waals surface area contributed by atoms with Crippen molar-refractivity contribution in [3.05, 3.63) is 64.7 Å². The average molecular weight is 542 g/mol. The lowest BCUT2D eigenvalue weighted by atomic mass is 9.70. The first-order chi connectivity index (χ1) is 17.8. The molecule has 2 aromatic rings. The number of likely N-dealkylation sites (tertiary alicyclic amines) is 1. The zero-order valence-electron chi connectivity index (χ0n) is 20.9. The Hall–Kier alpha value is -2.55. The Kier molecular flexibility index (Phi) is 7.27. The van der Waals surface area contributed by atoms with Crippen LogP contribution in [0.2, 0.25) is 5.02 Å². The lowest BCUT2D eigenvalue weighted by Crippen LogP contribution is -2.54. The number of anilines is 1. The highest BCUT2D eigenvalue weighted by Gasteiger charge is 2.74. The number of nitrogens with zero attached hydrogens (tertiary/aromatic N) is 1. The second-order valence-electron chi connectivity index (χ2n) is 10.2. The minimum absolute atomic E-state index is 0.0292. The molecule has 0 aromatic heterocycles. The fourth-order valence-electron chi connectivity index (χ4n) is 6.38. The van der Waals surface area contributed by atoms with Gasteiger partial charge in [0.2, 0.25) is 17.7 Å². The highest BCUT2D eigenvalue weighted by molar-refractivity contribution is 8.02. The van der Waals surface area contributed by atoms with Crippen molar-refractivity contribution in [3.8, 4) is 0 Å². The second kappa shape index (κ2) is 10.3. The maximum atomic E-state index is 14.0. The van der Waals surface area contributed by atoms with E-state index >= 15 is 0 Å². The van der Waals surface area contributed by atoms with Crippen LogP contribution in [0.5, 0.6) is 0 Å². The van der Waals surface area contributed by atoms with Crippen LogP contribution >= 0.6 is 23.4 Å². The zero-order chi connectivity index (χ0) is 26.3. The number of amides is 3. The molecule has 3 aliphatic rings. The molecule has 0 radical (unpaired) electrons. The van der Waals surface area contributed by atoms with Crippen LogP contribution in [0.1, 0.15) is 37.3 Å². The number of rotatable bonds is 8. The van der Waals surface area contributed by atoms with Gasteiger partial charge >= 0.3 is 0 Å². The molecule has 3 amide bonds. The number of nitrogens with one attached hydrogen (secondary N) is 2. The van der Waals surface area contributed by atoms with Gasteiger partial charge in [-0.1, -0.05) is 61.0 Å². The van der Waals surface area contributed by atoms with Crippen LogP contribution < -0.4 is 10.6 Å². The first kappa shape index (κ1) is 26.1. The standard InChI is InChI=1S/C28H32ClN3O4S/c1-3-18(15-33)32-24(26(35)31-23-16(2)8-7-11-19(23)29)28-13-12-20(37-28)21(22(28)27(32)36)25(34)30-14-17-9-5-4-6-10-17/h4-11,18,20-22,24,33H,3,12-15H2,1-2H3,(H,30,34)(H,31,35)/t18-,20+,21-,22-,24?,28?/m0/s1. The normalized spacial score (nSPS) is 28.8. The number of carbonyl (C=O) groups excluding carboxylic acids is 3. The maximum Gasteiger partial charge on any atom is 0.248 e. The van der Waals surface area contributed by atoms with Gasteiger partial charge in [0.05, 0.1) is 39.9 Å². The molecule has 3 fully saturated rings. The molecule has 5 rings (SSSR count). The monoisotopic (exact) mass is 541 g/mol. The first-order valence-corrected chi connectivity index (χ1v) is 14.1. The van der Waals surface area contributed by atoms with E-state index in [9.17, 15) is 19.5 Å². The van der Waals surface area contributed by atoms with Crippen molar-refractivity contribution in [1.82, 2.24) is 10.2 Å². The molecule has 2 aromatic carbocycles. The van der Waals surface area contributed by atoms with Crippen molar-refractivity contribution in [2.24, 2.45) is 11.8 Å². The van der Waals surface area contributed by atoms with E-state index in [0.717, 1.165) is 17.5 Å². The van der Waals surface area contributed by atoms with Gasteiger partial charge in [0.15, 0.2) is 0 Å². The van der Waals surface area contributed by atoms with Gasteiger partial charge in [0.25, 0.3) is 0 Å². The van der Waals surface area contributed by atoms with Crippen molar-refractivity contribution < 1.29 is 19.5 Å². The SMILES string of the molecule is CC[C@@H](CO)N1C(=O)[C@@H]2[C@@H](C(=O)NCc3ccccc3)[C@H]3CCC2(S3)C1C(=O)Nc1c(C)cccc1Cl. The summed E-state index contributed by atoms with van der Waals surface area (Å²) in [5, 5.41) is 16.6. The highest BCUT2D eigenvalue weighted by Crippen LogP contribution is 2.66. The summed E-state index contributed by atoms with van der Waals surface area (Å²) in [7, 11) is 0. The molecule has 3 aliphatic heterocycles. The number of aliphatic hydroxyl groups is 1. The van der Waals surface area contributed by atoms with Crippen LogP contribution in [0.15, 0.2) is 48.5 Å². The van der Waals surface area contributed by atoms with Crippen LogP contribution in [0, 0.1) is 18.8 Å². The smallest absolute Gasteiger partial charge is 0.248 e. The van der Waals surface area contributed by atoms with Crippen LogP contribution in [0.4, 0.5) is 5.69 Å². The summed E-state index contributed by atoms with van der Waals surface area (Å²) < 4.78 is -0.724. The lowest BCUT2D eigenvalue weighted by molar-refractivity contribution is -0.142. The largest absolute Gasteiger partial charge is 0.394 e. The summed E-state index contributed by atoms with van der Waals surface area (Å²) in [6.07, 6.45) is 1.93. The Labute approximate surface area is 226 Å². The van der Waals surface area contributed by atoms with Crippen molar-refractivity contribution in [2.45, 2.75) is 61.7 Å². The molecule has 6 atom stereocenters. The topological polar surface area (TPSA) is 98.7 Å². The van der Waals surface area contributed by atoms with E-state index in [0.29, 0.717) is 30.1 Å². The third-order valence-electron chi connectivity index (χ3n) is 8.14. The van der Waals surface area contributed by atoms with E-state index in [4.69, 9.17) is 11.6 Å². The van der Waals surface area contributed by atoms with Crippen molar-refractivity contribution in [2.75, 3.05) is 11.9 Å². The number of hydrogen-bond acceptors (Lipinski definition) is 5. The Bertz CT molecular complexity index is 1190. The van der Waals surface area contributed by atoms with Crippen molar-refractivity contribution in [3.63, 3.8) is 0 Å². The molecule has 196 valence electrons.